The van der Waals surface area contributed by atoms with Crippen LogP contribution in [0.1, 0.15) is 18.5 Å². The highest BCUT2D eigenvalue weighted by molar-refractivity contribution is 6.06. The number of hydrogen-bond donors (Lipinski definition) is 3. The third-order valence-electron chi connectivity index (χ3n) is 5.46. The first-order chi connectivity index (χ1) is 15.0. The molecule has 8 nitrogen and oxygen atoms in total. The summed E-state index contributed by atoms with van der Waals surface area (Å²) in [6.07, 6.45) is 0. The third kappa shape index (κ3) is 4.64. The second-order valence-electron chi connectivity index (χ2n) is 7.44. The molecule has 0 spiro atoms. The van der Waals surface area contributed by atoms with Crippen LogP contribution in [0.25, 0.3) is 0 Å². The van der Waals surface area contributed by atoms with E-state index in [4.69, 9.17) is 9.47 Å². The van der Waals surface area contributed by atoms with Gasteiger partial charge >= 0.3 is 6.03 Å². The monoisotopic (exact) mass is 422 g/mol. The van der Waals surface area contributed by atoms with Crippen LogP contribution in [0.4, 0.5) is 16.2 Å². The van der Waals surface area contributed by atoms with Crippen LogP contribution in [0.2, 0.25) is 0 Å². The van der Waals surface area contributed by atoms with E-state index in [2.05, 4.69) is 20.9 Å². The lowest BCUT2D eigenvalue weighted by Crippen LogP contribution is -2.46. The van der Waals surface area contributed by atoms with Crippen LogP contribution in [0.5, 0.6) is 5.75 Å². The number of benzene rings is 2. The Morgan fingerprint density at radius 1 is 1.10 bits per heavy atom. The molecule has 1 fully saturated rings. The molecule has 0 radical (unpaired) electrons. The van der Waals surface area contributed by atoms with E-state index >= 15 is 0 Å². The predicted molar refractivity (Wildman–Crippen MR) is 118 cm³/mol. The van der Waals surface area contributed by atoms with E-state index in [0.717, 1.165) is 24.3 Å². The zero-order valence-electron chi connectivity index (χ0n) is 17.6. The summed E-state index contributed by atoms with van der Waals surface area (Å²) in [5.74, 6) is 0.427. The van der Waals surface area contributed by atoms with Gasteiger partial charge < -0.3 is 30.3 Å². The van der Waals surface area contributed by atoms with Crippen molar-refractivity contribution in [3.63, 3.8) is 0 Å². The summed E-state index contributed by atoms with van der Waals surface area (Å²) in [5, 5.41) is 8.48. The summed E-state index contributed by atoms with van der Waals surface area (Å²) >= 11 is 0. The maximum absolute atomic E-state index is 13.1. The van der Waals surface area contributed by atoms with E-state index in [9.17, 15) is 9.59 Å². The van der Waals surface area contributed by atoms with Gasteiger partial charge in [0.1, 0.15) is 5.75 Å². The highest BCUT2D eigenvalue weighted by atomic mass is 16.5. The maximum Gasteiger partial charge on any atom is 0.319 e. The third-order valence-corrected chi connectivity index (χ3v) is 5.46. The van der Waals surface area contributed by atoms with E-state index < -0.39 is 6.04 Å². The molecule has 2 heterocycles. The van der Waals surface area contributed by atoms with Crippen molar-refractivity contribution in [2.24, 2.45) is 0 Å². The summed E-state index contributed by atoms with van der Waals surface area (Å²) in [4.78, 5) is 27.5. The Morgan fingerprint density at radius 2 is 1.77 bits per heavy atom. The van der Waals surface area contributed by atoms with Crippen molar-refractivity contribution in [2.45, 2.75) is 13.0 Å². The Labute approximate surface area is 181 Å². The number of hydrogen-bond acceptors (Lipinski definition) is 5. The van der Waals surface area contributed by atoms with Gasteiger partial charge in [-0.05, 0) is 48.9 Å². The molecule has 2 aromatic carbocycles. The Bertz CT molecular complexity index is 980. The minimum absolute atomic E-state index is 0.280. The number of methoxy groups -OCH3 is 1. The molecule has 8 heteroatoms. The summed E-state index contributed by atoms with van der Waals surface area (Å²) in [6.45, 7) is 4.85. The Balaban J connectivity index is 1.56. The van der Waals surface area contributed by atoms with Crippen LogP contribution in [-0.4, -0.2) is 45.4 Å². The molecule has 0 unspecified atom stereocenters. The Morgan fingerprint density at radius 3 is 2.42 bits per heavy atom. The fourth-order valence-electron chi connectivity index (χ4n) is 3.82. The highest BCUT2D eigenvalue weighted by Crippen LogP contribution is 2.29. The molecular weight excluding hydrogens is 396 g/mol. The van der Waals surface area contributed by atoms with Gasteiger partial charge in [0, 0.05) is 30.2 Å². The maximum atomic E-state index is 13.1. The zero-order valence-corrected chi connectivity index (χ0v) is 17.6. The lowest BCUT2D eigenvalue weighted by atomic mass is 9.94. The minimum atomic E-state index is -0.550. The standard InChI is InChI=1S/C23H26N4O4/c1-15-20(22(28)25-17-5-9-19(30-2)10-6-17)21(26-23(29)24-15)16-3-7-18(8-4-16)27-11-13-31-14-12-27/h3-10,21H,11-14H2,1-2H3,(H,25,28)(H2,24,26,29)/t21-/m0/s1. The van der Waals surface area contributed by atoms with Gasteiger partial charge in [-0.15, -0.1) is 0 Å². The van der Waals surface area contributed by atoms with E-state index in [1.807, 2.05) is 24.3 Å². The van der Waals surface area contributed by atoms with Gasteiger partial charge in [-0.1, -0.05) is 12.1 Å². The largest absolute Gasteiger partial charge is 0.497 e. The molecule has 162 valence electrons. The first kappa shape index (κ1) is 20.7. The van der Waals surface area contributed by atoms with Crippen LogP contribution < -0.4 is 25.6 Å². The number of morpholine rings is 1. The van der Waals surface area contributed by atoms with Crippen molar-refractivity contribution in [2.75, 3.05) is 43.6 Å². The number of rotatable bonds is 5. The first-order valence-electron chi connectivity index (χ1n) is 10.2. The zero-order chi connectivity index (χ0) is 21.8. The number of anilines is 2. The van der Waals surface area contributed by atoms with Crippen LogP contribution in [0.3, 0.4) is 0 Å². The molecule has 0 saturated carbocycles. The topological polar surface area (TPSA) is 91.9 Å². The number of carbonyl (C=O) groups is 2. The van der Waals surface area contributed by atoms with Crippen molar-refractivity contribution in [1.82, 2.24) is 10.6 Å². The number of allylic oxidation sites excluding steroid dienone is 1. The normalized spacial score (nSPS) is 18.8. The van der Waals surface area contributed by atoms with E-state index in [1.54, 1.807) is 38.3 Å². The number of urea groups is 1. The Kier molecular flexibility index (Phi) is 6.08. The molecule has 2 aliphatic rings. The van der Waals surface area contributed by atoms with Crippen LogP contribution >= 0.6 is 0 Å². The average Bonchev–Trinajstić information content (AvgIpc) is 2.79. The molecule has 31 heavy (non-hydrogen) atoms. The van der Waals surface area contributed by atoms with Gasteiger partial charge in [-0.25, -0.2) is 4.79 Å². The summed E-state index contributed by atoms with van der Waals surface area (Å²) in [7, 11) is 1.59. The van der Waals surface area contributed by atoms with Gasteiger partial charge in [-0.2, -0.15) is 0 Å². The fourth-order valence-corrected chi connectivity index (χ4v) is 3.82. The average molecular weight is 422 g/mol. The lowest BCUT2D eigenvalue weighted by molar-refractivity contribution is -0.113. The smallest absolute Gasteiger partial charge is 0.319 e. The molecule has 1 saturated heterocycles. The quantitative estimate of drug-likeness (QED) is 0.689. The van der Waals surface area contributed by atoms with Gasteiger partial charge in [0.2, 0.25) is 0 Å². The van der Waals surface area contributed by atoms with Gasteiger partial charge in [0.25, 0.3) is 5.91 Å². The highest BCUT2D eigenvalue weighted by Gasteiger charge is 2.31. The number of amides is 3. The minimum Gasteiger partial charge on any atom is -0.497 e. The van der Waals surface area contributed by atoms with E-state index in [1.165, 1.54) is 0 Å². The fraction of sp³-hybridized carbons (Fsp3) is 0.304. The van der Waals surface area contributed by atoms with E-state index in [0.29, 0.717) is 35.9 Å². The van der Waals surface area contributed by atoms with Crippen molar-refractivity contribution in [3.05, 3.63) is 65.4 Å². The lowest BCUT2D eigenvalue weighted by Gasteiger charge is -2.31. The van der Waals surface area contributed by atoms with Crippen LogP contribution in [0.15, 0.2) is 59.8 Å². The van der Waals surface area contributed by atoms with Crippen molar-refractivity contribution in [1.29, 1.82) is 0 Å². The predicted octanol–water partition coefficient (Wildman–Crippen LogP) is 2.80. The molecule has 2 aromatic rings. The molecule has 0 aliphatic carbocycles. The van der Waals surface area contributed by atoms with Gasteiger partial charge in [-0.3, -0.25) is 4.79 Å². The van der Waals surface area contributed by atoms with Crippen molar-refractivity contribution < 1.29 is 19.1 Å². The molecule has 4 rings (SSSR count). The second kappa shape index (κ2) is 9.09. The SMILES string of the molecule is COc1ccc(NC(=O)C2=C(C)NC(=O)N[C@H]2c2ccc(N3CCOCC3)cc2)cc1. The summed E-state index contributed by atoms with van der Waals surface area (Å²) in [5.41, 5.74) is 3.57. The van der Waals surface area contributed by atoms with Crippen molar-refractivity contribution >= 4 is 23.3 Å². The number of nitrogens with zero attached hydrogens (tertiary/aromatic N) is 1. The molecule has 0 bridgehead atoms. The van der Waals surface area contributed by atoms with Gasteiger partial charge in [0.05, 0.1) is 31.9 Å². The molecule has 3 N–H and O–H groups in total. The number of ether oxygens (including phenoxy) is 2. The molecule has 1 atom stereocenters. The van der Waals surface area contributed by atoms with Gasteiger partial charge in [0.15, 0.2) is 0 Å². The summed E-state index contributed by atoms with van der Waals surface area (Å²) < 4.78 is 10.6. The van der Waals surface area contributed by atoms with Crippen LogP contribution in [-0.2, 0) is 9.53 Å². The number of nitrogens with one attached hydrogen (secondary N) is 3. The first-order valence-corrected chi connectivity index (χ1v) is 10.2. The van der Waals surface area contributed by atoms with Crippen molar-refractivity contribution in [3.8, 4) is 5.75 Å². The summed E-state index contributed by atoms with van der Waals surface area (Å²) in [6, 6.07) is 14.2. The Hall–Kier alpha value is -3.52. The number of carbonyl (C=O) groups excluding carboxylic acids is 2. The second-order valence-corrected chi connectivity index (χ2v) is 7.44. The molecule has 3 amide bonds. The molecular formula is C23H26N4O4. The molecule has 0 aromatic heterocycles. The van der Waals surface area contributed by atoms with E-state index in [-0.39, 0.29) is 11.9 Å². The molecule has 2 aliphatic heterocycles. The van der Waals surface area contributed by atoms with Crippen LogP contribution in [0, 0.1) is 0 Å².